The van der Waals surface area contributed by atoms with Crippen LogP contribution in [0.3, 0.4) is 0 Å². The second-order valence-corrected chi connectivity index (χ2v) is 5.82. The molecule has 5 nitrogen and oxygen atoms in total. The van der Waals surface area contributed by atoms with Gasteiger partial charge in [0.15, 0.2) is 0 Å². The number of hydrogen-bond acceptors (Lipinski definition) is 3. The molecular formula is C15H13ClN4O. The molecule has 2 aromatic heterocycles. The highest BCUT2D eigenvalue weighted by Gasteiger charge is 2.30. The van der Waals surface area contributed by atoms with Gasteiger partial charge in [0.2, 0.25) is 0 Å². The van der Waals surface area contributed by atoms with Crippen molar-refractivity contribution in [2.24, 2.45) is 0 Å². The number of nitrogens with one attached hydrogen (secondary N) is 1. The molecule has 1 aliphatic carbocycles. The van der Waals surface area contributed by atoms with E-state index in [9.17, 15) is 4.79 Å². The molecule has 0 amide bonds. The van der Waals surface area contributed by atoms with Crippen LogP contribution in [-0.4, -0.2) is 19.6 Å². The van der Waals surface area contributed by atoms with Crippen LogP contribution in [0.15, 0.2) is 35.4 Å². The molecule has 1 saturated carbocycles. The van der Waals surface area contributed by atoms with Crippen LogP contribution in [-0.2, 0) is 6.42 Å². The van der Waals surface area contributed by atoms with E-state index in [0.29, 0.717) is 23.1 Å². The second-order valence-electron chi connectivity index (χ2n) is 5.38. The summed E-state index contributed by atoms with van der Waals surface area (Å²) in [4.78, 5) is 21.3. The number of rotatable bonds is 3. The maximum absolute atomic E-state index is 12.7. The van der Waals surface area contributed by atoms with Crippen molar-refractivity contribution in [3.8, 4) is 0 Å². The van der Waals surface area contributed by atoms with Crippen LogP contribution in [0, 0.1) is 0 Å². The van der Waals surface area contributed by atoms with E-state index < -0.39 is 0 Å². The highest BCUT2D eigenvalue weighted by atomic mass is 35.5. The Kier molecular flexibility index (Phi) is 2.82. The summed E-state index contributed by atoms with van der Waals surface area (Å²) < 4.78 is 1.39. The van der Waals surface area contributed by atoms with Gasteiger partial charge in [-0.1, -0.05) is 23.7 Å². The van der Waals surface area contributed by atoms with E-state index in [2.05, 4.69) is 15.1 Å². The Morgan fingerprint density at radius 3 is 3.00 bits per heavy atom. The van der Waals surface area contributed by atoms with E-state index in [1.54, 1.807) is 0 Å². The molecule has 0 radical (unpaired) electrons. The number of hydrogen-bond donors (Lipinski definition) is 1. The van der Waals surface area contributed by atoms with Gasteiger partial charge >= 0.3 is 0 Å². The van der Waals surface area contributed by atoms with Gasteiger partial charge < -0.3 is 0 Å². The summed E-state index contributed by atoms with van der Waals surface area (Å²) in [5.74, 6) is 0.838. The third-order valence-corrected chi connectivity index (χ3v) is 4.03. The zero-order chi connectivity index (χ0) is 14.4. The highest BCUT2D eigenvalue weighted by Crippen LogP contribution is 2.40. The van der Waals surface area contributed by atoms with E-state index in [0.717, 1.165) is 29.7 Å². The average molecular weight is 301 g/mol. The van der Waals surface area contributed by atoms with Gasteiger partial charge in [-0.3, -0.25) is 9.89 Å². The van der Waals surface area contributed by atoms with E-state index in [4.69, 9.17) is 11.6 Å². The van der Waals surface area contributed by atoms with E-state index in [1.807, 2.05) is 24.3 Å². The van der Waals surface area contributed by atoms with Crippen molar-refractivity contribution in [2.75, 3.05) is 0 Å². The maximum Gasteiger partial charge on any atom is 0.277 e. The standard InChI is InChI=1S/C15H13ClN4O/c16-11-3-1-2-9(6-11)7-12-13(10-4-5-10)19-15-17-8-18-20(15)14(12)21/h1-3,6,8,10H,4-5,7H2,(H,17,18,19). The summed E-state index contributed by atoms with van der Waals surface area (Å²) in [5, 5.41) is 3.49. The lowest BCUT2D eigenvalue weighted by molar-refractivity contribution is 0.837. The van der Waals surface area contributed by atoms with Gasteiger partial charge in [0, 0.05) is 22.9 Å². The van der Waals surface area contributed by atoms with Gasteiger partial charge in [0.05, 0.1) is 5.69 Å². The minimum atomic E-state index is -0.0700. The van der Waals surface area contributed by atoms with Crippen LogP contribution in [0.4, 0.5) is 0 Å². The van der Waals surface area contributed by atoms with Gasteiger partial charge in [0.1, 0.15) is 6.33 Å². The topological polar surface area (TPSA) is 63.0 Å². The molecule has 2 heterocycles. The van der Waals surface area contributed by atoms with Crippen molar-refractivity contribution >= 4 is 17.4 Å². The van der Waals surface area contributed by atoms with Crippen LogP contribution < -0.4 is 5.56 Å². The van der Waals surface area contributed by atoms with Crippen LogP contribution in [0.1, 0.15) is 35.6 Å². The third-order valence-electron chi connectivity index (χ3n) is 3.79. The predicted octanol–water partition coefficient (Wildman–Crippen LogP) is 2.54. The van der Waals surface area contributed by atoms with Gasteiger partial charge in [0.25, 0.3) is 11.3 Å². The van der Waals surface area contributed by atoms with Crippen LogP contribution >= 0.6 is 11.6 Å². The molecule has 0 saturated heterocycles. The summed E-state index contributed by atoms with van der Waals surface area (Å²) in [5.41, 5.74) is 2.58. The normalized spacial score (nSPS) is 14.7. The molecule has 0 bridgehead atoms. The summed E-state index contributed by atoms with van der Waals surface area (Å²) in [6.07, 6.45) is 4.22. The molecule has 0 spiro atoms. The minimum Gasteiger partial charge on any atom is -0.278 e. The van der Waals surface area contributed by atoms with Gasteiger partial charge in [-0.2, -0.15) is 4.52 Å². The molecule has 3 aromatic rings. The number of H-pyrrole nitrogens is 1. The fourth-order valence-electron chi connectivity index (χ4n) is 2.62. The Morgan fingerprint density at radius 2 is 2.24 bits per heavy atom. The lowest BCUT2D eigenvalue weighted by Gasteiger charge is -2.08. The number of benzene rings is 1. The fraction of sp³-hybridized carbons (Fsp3) is 0.267. The molecule has 106 valence electrons. The van der Waals surface area contributed by atoms with Gasteiger partial charge in [-0.05, 0) is 30.5 Å². The zero-order valence-corrected chi connectivity index (χ0v) is 12.0. The zero-order valence-electron chi connectivity index (χ0n) is 11.2. The Balaban J connectivity index is 1.88. The first-order valence-electron chi connectivity index (χ1n) is 6.92. The van der Waals surface area contributed by atoms with Gasteiger partial charge in [-0.25, -0.2) is 9.97 Å². The molecule has 0 atom stereocenters. The average Bonchev–Trinajstić information content (AvgIpc) is 3.20. The largest absolute Gasteiger partial charge is 0.278 e. The highest BCUT2D eigenvalue weighted by molar-refractivity contribution is 6.30. The van der Waals surface area contributed by atoms with Gasteiger partial charge in [-0.15, -0.1) is 0 Å². The minimum absolute atomic E-state index is 0.0700. The van der Waals surface area contributed by atoms with Crippen molar-refractivity contribution < 1.29 is 0 Å². The number of fused-ring (bicyclic) bond motifs is 1. The first-order chi connectivity index (χ1) is 10.2. The Morgan fingerprint density at radius 1 is 1.38 bits per heavy atom. The molecule has 1 fully saturated rings. The third kappa shape index (κ3) is 2.23. The summed E-state index contributed by atoms with van der Waals surface area (Å²) >= 11 is 6.03. The van der Waals surface area contributed by atoms with Crippen molar-refractivity contribution in [2.45, 2.75) is 25.2 Å². The number of aromatic amines is 1. The molecular weight excluding hydrogens is 288 g/mol. The smallest absolute Gasteiger partial charge is 0.277 e. The molecule has 0 aliphatic heterocycles. The van der Waals surface area contributed by atoms with Crippen molar-refractivity contribution in [1.29, 1.82) is 0 Å². The maximum atomic E-state index is 12.7. The van der Waals surface area contributed by atoms with Crippen molar-refractivity contribution in [3.63, 3.8) is 0 Å². The summed E-state index contributed by atoms with van der Waals surface area (Å²) in [6.45, 7) is 0. The Bertz CT molecular complexity index is 879. The molecule has 4 rings (SSSR count). The van der Waals surface area contributed by atoms with E-state index in [1.165, 1.54) is 10.8 Å². The summed E-state index contributed by atoms with van der Waals surface area (Å²) in [7, 11) is 0. The Labute approximate surface area is 125 Å². The first kappa shape index (κ1) is 12.6. The SMILES string of the molecule is O=c1c(Cc2cccc(Cl)c2)c(C2CC2)nc2nc[nH]n12. The first-order valence-corrected chi connectivity index (χ1v) is 7.29. The lowest BCUT2D eigenvalue weighted by atomic mass is 10.0. The van der Waals surface area contributed by atoms with E-state index >= 15 is 0 Å². The quantitative estimate of drug-likeness (QED) is 0.808. The number of aromatic nitrogens is 4. The molecule has 1 aromatic carbocycles. The number of nitrogens with zero attached hydrogens (tertiary/aromatic N) is 3. The number of halogens is 1. The van der Waals surface area contributed by atoms with Crippen LogP contribution in [0.25, 0.3) is 5.78 Å². The second kappa shape index (κ2) is 4.70. The van der Waals surface area contributed by atoms with Crippen molar-refractivity contribution in [3.05, 3.63) is 62.8 Å². The van der Waals surface area contributed by atoms with Crippen molar-refractivity contribution in [1.82, 2.24) is 19.6 Å². The molecule has 0 unspecified atom stereocenters. The molecule has 1 aliphatic rings. The van der Waals surface area contributed by atoms with Crippen LogP contribution in [0.5, 0.6) is 0 Å². The molecule has 21 heavy (non-hydrogen) atoms. The molecule has 1 N–H and O–H groups in total. The predicted molar refractivity (Wildman–Crippen MR) is 79.8 cm³/mol. The van der Waals surface area contributed by atoms with Crippen LogP contribution in [0.2, 0.25) is 5.02 Å². The lowest BCUT2D eigenvalue weighted by Crippen LogP contribution is -2.23. The monoisotopic (exact) mass is 300 g/mol. The Hall–Kier alpha value is -2.14. The summed E-state index contributed by atoms with van der Waals surface area (Å²) in [6, 6.07) is 7.59. The van der Waals surface area contributed by atoms with E-state index in [-0.39, 0.29) is 5.56 Å². The fourth-order valence-corrected chi connectivity index (χ4v) is 2.83. The molecule has 6 heteroatoms.